The molecule has 2 saturated heterocycles. The van der Waals surface area contributed by atoms with Crippen LogP contribution in [0.5, 0.6) is 0 Å². The van der Waals surface area contributed by atoms with Crippen molar-refractivity contribution in [3.8, 4) is 0 Å². The highest BCUT2D eigenvalue weighted by Gasteiger charge is 2.25. The summed E-state index contributed by atoms with van der Waals surface area (Å²) >= 11 is 0. The summed E-state index contributed by atoms with van der Waals surface area (Å²) in [7, 11) is -1.56. The Kier molecular flexibility index (Phi) is 127. The summed E-state index contributed by atoms with van der Waals surface area (Å²) in [5, 5.41) is 87.6. The van der Waals surface area contributed by atoms with Gasteiger partial charge in [0.05, 0.1) is 51.6 Å². The number of nitrogens with zero attached hydrogens (tertiary/aromatic N) is 2. The molecule has 334 valence electrons. The number of carbonyl (C=O) groups is 2. The van der Waals surface area contributed by atoms with Crippen LogP contribution in [0.4, 0.5) is 0 Å². The molecule has 0 aromatic rings. The monoisotopic (exact) mass is 791 g/mol. The highest BCUT2D eigenvalue weighted by atomic mass is 16.7. The first kappa shape index (κ1) is 80.3. The zero-order valence-electron chi connectivity index (χ0n) is 31.2. The van der Waals surface area contributed by atoms with E-state index < -0.39 is 20.4 Å². The largest absolute Gasteiger partial charge is 0.478 e. The van der Waals surface area contributed by atoms with Gasteiger partial charge in [0.1, 0.15) is 19.4 Å². The first-order valence-corrected chi connectivity index (χ1v) is 17.1. The lowest BCUT2D eigenvalue weighted by Crippen LogP contribution is -2.31. The summed E-state index contributed by atoms with van der Waals surface area (Å²) < 4.78 is 0. The number of aliphatic hydroxyl groups excluding tert-OH is 8. The molecule has 0 bridgehead atoms. The summed E-state index contributed by atoms with van der Waals surface area (Å²) in [5.74, 6) is 0. The molecule has 0 radical (unpaired) electrons. The van der Waals surface area contributed by atoms with E-state index in [9.17, 15) is 9.59 Å². The van der Waals surface area contributed by atoms with Crippen LogP contribution in [-0.2, 0) is 19.3 Å². The molecule has 53 heavy (non-hydrogen) atoms. The van der Waals surface area contributed by atoms with E-state index in [0.717, 1.165) is 83.6 Å². The molecule has 0 saturated carbocycles. The third-order valence-electron chi connectivity index (χ3n) is 4.69. The van der Waals surface area contributed by atoms with Gasteiger partial charge in [-0.05, 0) is 52.4 Å². The summed E-state index contributed by atoms with van der Waals surface area (Å²) in [4.78, 5) is 31.5. The number of aliphatic hydroxyl groups is 9. The van der Waals surface area contributed by atoms with Crippen LogP contribution < -0.4 is 0 Å². The average molecular weight is 791 g/mol. The van der Waals surface area contributed by atoms with Crippen molar-refractivity contribution in [3.63, 3.8) is 0 Å². The molecule has 2 atom stereocenters. The van der Waals surface area contributed by atoms with Crippen LogP contribution in [-0.4, -0.2) is 177 Å². The number of carbonyl (C=O) groups excluding carboxylic acids is 2. The van der Waals surface area contributed by atoms with E-state index in [-0.39, 0.29) is 81.4 Å². The van der Waals surface area contributed by atoms with E-state index in [1.54, 1.807) is 18.9 Å². The van der Waals surface area contributed by atoms with Gasteiger partial charge in [-0.1, -0.05) is 76.7 Å². The highest BCUT2D eigenvalue weighted by Crippen LogP contribution is 2.16. The maximum Gasteiger partial charge on any atom is 0.478 e. The molecule has 2 aliphatic rings. The molecule has 0 spiro atoms. The third-order valence-corrected chi connectivity index (χ3v) is 4.69. The zero-order valence-corrected chi connectivity index (χ0v) is 31.2. The topological polar surface area (TPSA) is 282 Å². The maximum absolute atomic E-state index is 10.5. The number of hydrogen-bond donors (Lipinski definition) is 11. The van der Waals surface area contributed by atoms with Gasteiger partial charge in [-0.25, -0.2) is 0 Å². The molecule has 2 rings (SSSR count). The number of rotatable bonds is 13. The van der Waals surface area contributed by atoms with Crippen molar-refractivity contribution in [1.29, 1.82) is 0 Å². The summed E-state index contributed by atoms with van der Waals surface area (Å²) in [6.45, 7) is 13.8. The van der Waals surface area contributed by atoms with Gasteiger partial charge in [-0.15, -0.1) is 0 Å². The predicted molar refractivity (Wildman–Crippen MR) is 217 cm³/mol. The molecule has 18 heteroatoms. The Bertz CT molecular complexity index is 526. The molecular formula is C35H91BN2O15. The molecule has 0 amide bonds. The summed E-state index contributed by atoms with van der Waals surface area (Å²) in [5.41, 5.74) is 0. The molecule has 0 unspecified atom stereocenters. The molecular weight excluding hydrogens is 699 g/mol. The van der Waals surface area contributed by atoms with Crippen molar-refractivity contribution in [2.45, 2.75) is 141 Å². The number of aldehydes is 2. The third kappa shape index (κ3) is 89.3. The van der Waals surface area contributed by atoms with Crippen molar-refractivity contribution >= 4 is 19.7 Å². The van der Waals surface area contributed by atoms with E-state index in [2.05, 4.69) is 27.7 Å². The van der Waals surface area contributed by atoms with E-state index in [1.807, 2.05) is 5.06 Å². The predicted octanol–water partition coefficient (Wildman–Crippen LogP) is 1.58. The summed E-state index contributed by atoms with van der Waals surface area (Å²) in [6, 6.07) is -0.0802. The van der Waals surface area contributed by atoms with Gasteiger partial charge in [0.25, 0.3) is 0 Å². The van der Waals surface area contributed by atoms with Crippen LogP contribution in [0.25, 0.3) is 0 Å². The Balaban J connectivity index is -0.0000000440. The van der Waals surface area contributed by atoms with Crippen LogP contribution in [0.2, 0.25) is 0 Å². The second-order valence-electron chi connectivity index (χ2n) is 9.38. The van der Waals surface area contributed by atoms with Crippen molar-refractivity contribution in [1.82, 2.24) is 10.1 Å². The van der Waals surface area contributed by atoms with Crippen LogP contribution >= 0.6 is 0 Å². The molecule has 2 aliphatic heterocycles. The fourth-order valence-electron chi connectivity index (χ4n) is 2.77. The number of unbranched alkanes of at least 4 members (excludes halogenated alkanes) is 2. The molecule has 2 fully saturated rings. The second kappa shape index (κ2) is 83.7. The van der Waals surface area contributed by atoms with Crippen LogP contribution in [0.3, 0.4) is 0 Å². The zero-order chi connectivity index (χ0) is 39.6. The Hall–Kier alpha value is -1.20. The number of hydrogen-bond acceptors (Lipinski definition) is 17. The molecule has 2 heterocycles. The van der Waals surface area contributed by atoms with Crippen LogP contribution in [0.15, 0.2) is 0 Å². The van der Waals surface area contributed by atoms with E-state index in [1.165, 1.54) is 6.42 Å². The van der Waals surface area contributed by atoms with E-state index in [0.29, 0.717) is 6.61 Å². The highest BCUT2D eigenvalue weighted by molar-refractivity contribution is 6.40. The minimum Gasteiger partial charge on any atom is -0.426 e. The van der Waals surface area contributed by atoms with Crippen molar-refractivity contribution in [3.05, 3.63) is 0 Å². The minimum atomic E-state index is -1.56. The fourth-order valence-corrected chi connectivity index (χ4v) is 2.77. The lowest BCUT2D eigenvalue weighted by atomic mass is 9.95. The van der Waals surface area contributed by atoms with E-state index in [4.69, 9.17) is 65.7 Å². The fraction of sp³-hybridized carbons (Fsp3) is 0.943. The van der Waals surface area contributed by atoms with Gasteiger partial charge in [0.2, 0.25) is 0 Å². The Morgan fingerprint density at radius 2 is 0.887 bits per heavy atom. The molecule has 11 N–H and O–H groups in total. The SMILES string of the molecule is C.C.C.C.CCC.CCCCO.CCCCON1CCC[C@H]1C=O.CCO.CCO.O=C[C@@H]1CCCN1OCCO.OCB(O)O.OCCO.OCO. The number of hydroxylamine groups is 4. The van der Waals surface area contributed by atoms with Gasteiger partial charge in [-0.3, -0.25) is 9.68 Å². The standard InChI is InChI=1S/C9H17NO2.C7H13NO3.C4H10O.C3H8.C2H6O2.2C2H6O.CH5BO3.CH4O2.4CH4/c1-2-3-7-12-10-6-4-5-9(10)8-11;9-4-5-11-8-3-1-2-7(8)6-10;1-2-3-4-5;1-3-2;3-1-2-4;2*1-2-3;3-1-2(4)5;2-1-3;;;;/h8-9H,2-7H2,1H3;6-7,9H,1-5H2;5H,2-4H2,1H3;3H2,1-2H3;3-4H,1-2H2;2*3H,2H2,1H3;3-5H,1H2;2-3H,1H2;4*1H4/t9-;7-;;;;;;;;;;;/m00.........../s1. The first-order valence-electron chi connectivity index (χ1n) is 17.1. The smallest absolute Gasteiger partial charge is 0.426 e. The minimum absolute atomic E-state index is 0. The normalized spacial score (nSPS) is 14.4. The quantitative estimate of drug-likeness (QED) is 0.0547. The first-order chi connectivity index (χ1) is 23.5. The Morgan fingerprint density at radius 3 is 1.08 bits per heavy atom. The second-order valence-corrected chi connectivity index (χ2v) is 9.38. The van der Waals surface area contributed by atoms with Gasteiger partial charge in [-0.2, -0.15) is 10.1 Å². The van der Waals surface area contributed by atoms with Crippen molar-refractivity contribution in [2.24, 2.45) is 0 Å². The van der Waals surface area contributed by atoms with Gasteiger partial charge in [0.15, 0.2) is 0 Å². The van der Waals surface area contributed by atoms with Crippen molar-refractivity contribution in [2.75, 3.05) is 79.2 Å². The molecule has 17 nitrogen and oxygen atoms in total. The summed E-state index contributed by atoms with van der Waals surface area (Å²) in [6.07, 6.45) is 11.3. The van der Waals surface area contributed by atoms with Crippen molar-refractivity contribution < 1.29 is 75.3 Å². The molecule has 0 aliphatic carbocycles. The van der Waals surface area contributed by atoms with E-state index >= 15 is 0 Å². The van der Waals surface area contributed by atoms with Gasteiger partial charge >= 0.3 is 7.12 Å². The molecule has 0 aromatic heterocycles. The van der Waals surface area contributed by atoms with Gasteiger partial charge in [0, 0.05) is 32.9 Å². The maximum atomic E-state index is 10.5. The lowest BCUT2D eigenvalue weighted by molar-refractivity contribution is -0.174. The van der Waals surface area contributed by atoms with Crippen LogP contribution in [0, 0.1) is 0 Å². The molecule has 0 aromatic carbocycles. The lowest BCUT2D eigenvalue weighted by Gasteiger charge is -2.18. The van der Waals surface area contributed by atoms with Gasteiger partial charge < -0.3 is 65.6 Å². The average Bonchev–Trinajstić information content (AvgIpc) is 3.76. The Morgan fingerprint density at radius 1 is 0.585 bits per heavy atom. The Labute approximate surface area is 325 Å². The van der Waals surface area contributed by atoms with Crippen LogP contribution in [0.1, 0.15) is 129 Å².